The van der Waals surface area contributed by atoms with Crippen molar-refractivity contribution in [2.24, 2.45) is 0 Å². The van der Waals surface area contributed by atoms with Gasteiger partial charge in [0, 0.05) is 11.3 Å². The highest BCUT2D eigenvalue weighted by atomic mass is 32.2. The summed E-state index contributed by atoms with van der Waals surface area (Å²) in [5, 5.41) is 23.5. The zero-order valence-corrected chi connectivity index (χ0v) is 16.8. The Kier molecular flexibility index (Phi) is 5.70. The van der Waals surface area contributed by atoms with Gasteiger partial charge in [-0.15, -0.1) is 21.5 Å². The van der Waals surface area contributed by atoms with Crippen LogP contribution in [0.1, 0.15) is 5.56 Å². The highest BCUT2D eigenvalue weighted by Gasteiger charge is 2.17. The lowest BCUT2D eigenvalue weighted by Crippen LogP contribution is -2.14. The van der Waals surface area contributed by atoms with Crippen LogP contribution in [0.25, 0.3) is 17.1 Å². The summed E-state index contributed by atoms with van der Waals surface area (Å²) in [4.78, 5) is 12.4. The van der Waals surface area contributed by atoms with Crippen molar-refractivity contribution in [2.75, 3.05) is 11.1 Å². The molecule has 0 aliphatic carbocycles. The molecular weight excluding hydrogens is 402 g/mol. The van der Waals surface area contributed by atoms with Gasteiger partial charge in [0.05, 0.1) is 11.3 Å². The molecule has 0 atom stereocenters. The van der Waals surface area contributed by atoms with Crippen molar-refractivity contribution in [1.29, 1.82) is 5.26 Å². The summed E-state index contributed by atoms with van der Waals surface area (Å²) in [7, 11) is 0. The van der Waals surface area contributed by atoms with E-state index in [0.717, 1.165) is 11.3 Å². The van der Waals surface area contributed by atoms with Crippen LogP contribution in [0.15, 0.2) is 77.3 Å². The third-order valence-electron chi connectivity index (χ3n) is 4.05. The Morgan fingerprint density at radius 2 is 1.79 bits per heavy atom. The summed E-state index contributed by atoms with van der Waals surface area (Å²) < 4.78 is 1.94. The number of carbonyl (C=O) groups is 1. The number of hydrogen-bond donors (Lipinski definition) is 1. The van der Waals surface area contributed by atoms with Gasteiger partial charge in [0.25, 0.3) is 0 Å². The number of nitriles is 1. The summed E-state index contributed by atoms with van der Waals surface area (Å²) in [6.07, 6.45) is 0. The van der Waals surface area contributed by atoms with Crippen LogP contribution < -0.4 is 5.32 Å². The number of anilines is 1. The molecule has 2 heterocycles. The largest absolute Gasteiger partial charge is 0.316 e. The molecule has 2 aromatic carbocycles. The number of thiophene rings is 1. The molecule has 0 unspecified atom stereocenters. The molecule has 0 aliphatic heterocycles. The minimum Gasteiger partial charge on any atom is -0.316 e. The van der Waals surface area contributed by atoms with E-state index >= 15 is 0 Å². The number of carbonyl (C=O) groups excluding carboxylic acids is 1. The molecule has 4 rings (SSSR count). The van der Waals surface area contributed by atoms with Crippen molar-refractivity contribution in [3.05, 3.63) is 77.7 Å². The minimum atomic E-state index is -0.196. The first-order chi connectivity index (χ1) is 14.3. The summed E-state index contributed by atoms with van der Waals surface area (Å²) in [6.45, 7) is 0. The van der Waals surface area contributed by atoms with Crippen molar-refractivity contribution in [2.45, 2.75) is 5.16 Å². The Bertz CT molecular complexity index is 1160. The van der Waals surface area contributed by atoms with Crippen LogP contribution in [0, 0.1) is 11.3 Å². The van der Waals surface area contributed by atoms with Gasteiger partial charge in [0.1, 0.15) is 11.1 Å². The van der Waals surface area contributed by atoms with Gasteiger partial charge in [-0.1, -0.05) is 60.3 Å². The predicted molar refractivity (Wildman–Crippen MR) is 115 cm³/mol. The molecular formula is C21H15N5OS2. The van der Waals surface area contributed by atoms with Crippen molar-refractivity contribution in [3.63, 3.8) is 0 Å². The van der Waals surface area contributed by atoms with E-state index in [0.29, 0.717) is 21.5 Å². The third kappa shape index (κ3) is 4.21. The van der Waals surface area contributed by atoms with Crippen molar-refractivity contribution in [3.8, 4) is 23.1 Å². The van der Waals surface area contributed by atoms with Gasteiger partial charge < -0.3 is 5.32 Å². The number of aromatic nitrogens is 3. The second-order valence-electron chi connectivity index (χ2n) is 5.96. The molecule has 0 radical (unpaired) electrons. The second-order valence-corrected chi connectivity index (χ2v) is 7.81. The van der Waals surface area contributed by atoms with E-state index in [1.54, 1.807) is 11.4 Å². The summed E-state index contributed by atoms with van der Waals surface area (Å²) in [5.41, 5.74) is 2.33. The van der Waals surface area contributed by atoms with Gasteiger partial charge in [-0.2, -0.15) is 5.26 Å². The summed E-state index contributed by atoms with van der Waals surface area (Å²) in [5.74, 6) is 0.672. The second kappa shape index (κ2) is 8.73. The van der Waals surface area contributed by atoms with Crippen LogP contribution in [0.4, 0.5) is 5.00 Å². The number of thioether (sulfide) groups is 1. The predicted octanol–water partition coefficient (Wildman–Crippen LogP) is 4.60. The molecule has 0 bridgehead atoms. The van der Waals surface area contributed by atoms with E-state index in [1.807, 2.05) is 65.2 Å². The van der Waals surface area contributed by atoms with E-state index in [9.17, 15) is 4.79 Å². The maximum atomic E-state index is 12.4. The van der Waals surface area contributed by atoms with Gasteiger partial charge in [0.15, 0.2) is 11.0 Å². The monoisotopic (exact) mass is 417 g/mol. The minimum absolute atomic E-state index is 0.155. The first-order valence-corrected chi connectivity index (χ1v) is 10.6. The number of rotatable bonds is 6. The molecule has 29 heavy (non-hydrogen) atoms. The Labute approximate surface area is 175 Å². The Morgan fingerprint density at radius 3 is 2.52 bits per heavy atom. The number of amides is 1. The van der Waals surface area contributed by atoms with E-state index in [1.165, 1.54) is 23.1 Å². The van der Waals surface area contributed by atoms with E-state index < -0.39 is 0 Å². The standard InChI is InChI=1S/C21H15N5OS2/c22-13-16-11-12-28-20(16)23-18(27)14-29-21-25-24-19(15-7-3-1-4-8-15)26(21)17-9-5-2-6-10-17/h1-12H,14H2,(H,23,27). The quantitative estimate of drug-likeness (QED) is 0.464. The zero-order chi connectivity index (χ0) is 20.1. The van der Waals surface area contributed by atoms with Gasteiger partial charge in [-0.05, 0) is 23.6 Å². The fourth-order valence-corrected chi connectivity index (χ4v) is 4.24. The fraction of sp³-hybridized carbons (Fsp3) is 0.0476. The lowest BCUT2D eigenvalue weighted by Gasteiger charge is -2.10. The van der Waals surface area contributed by atoms with Crippen LogP contribution in [-0.2, 0) is 4.79 Å². The first-order valence-electron chi connectivity index (χ1n) is 8.73. The van der Waals surface area contributed by atoms with E-state index in [4.69, 9.17) is 5.26 Å². The van der Waals surface area contributed by atoms with Crippen molar-refractivity contribution < 1.29 is 4.79 Å². The van der Waals surface area contributed by atoms with Crippen molar-refractivity contribution >= 4 is 34.0 Å². The summed E-state index contributed by atoms with van der Waals surface area (Å²) >= 11 is 2.63. The van der Waals surface area contributed by atoms with Crippen molar-refractivity contribution in [1.82, 2.24) is 14.8 Å². The molecule has 0 spiro atoms. The Hall–Kier alpha value is -3.41. The molecule has 142 valence electrons. The first kappa shape index (κ1) is 18.9. The molecule has 0 saturated carbocycles. The van der Waals surface area contributed by atoms with Crippen LogP contribution in [0.5, 0.6) is 0 Å². The highest BCUT2D eigenvalue weighted by molar-refractivity contribution is 7.99. The SMILES string of the molecule is N#Cc1ccsc1NC(=O)CSc1nnc(-c2ccccc2)n1-c1ccccc1. The topological polar surface area (TPSA) is 83.6 Å². The maximum Gasteiger partial charge on any atom is 0.235 e. The van der Waals surface area contributed by atoms with Gasteiger partial charge in [-0.3, -0.25) is 9.36 Å². The number of benzene rings is 2. The van der Waals surface area contributed by atoms with Crippen LogP contribution in [0.3, 0.4) is 0 Å². The van der Waals surface area contributed by atoms with Crippen LogP contribution in [0.2, 0.25) is 0 Å². The van der Waals surface area contributed by atoms with E-state index in [-0.39, 0.29) is 11.7 Å². The number of nitrogens with zero attached hydrogens (tertiary/aromatic N) is 4. The number of hydrogen-bond acceptors (Lipinski definition) is 6. The normalized spacial score (nSPS) is 10.4. The van der Waals surface area contributed by atoms with Crippen LogP contribution in [-0.4, -0.2) is 26.4 Å². The third-order valence-corrected chi connectivity index (χ3v) is 5.81. The zero-order valence-electron chi connectivity index (χ0n) is 15.1. The molecule has 0 fully saturated rings. The number of nitrogens with one attached hydrogen (secondary N) is 1. The van der Waals surface area contributed by atoms with Gasteiger partial charge in [0.2, 0.25) is 5.91 Å². The maximum absolute atomic E-state index is 12.4. The fourth-order valence-electron chi connectivity index (χ4n) is 2.73. The molecule has 4 aromatic rings. The van der Waals surface area contributed by atoms with Crippen LogP contribution >= 0.6 is 23.1 Å². The Morgan fingerprint density at radius 1 is 1.07 bits per heavy atom. The molecule has 0 saturated heterocycles. The average Bonchev–Trinajstić information content (AvgIpc) is 3.40. The van der Waals surface area contributed by atoms with Gasteiger partial charge in [-0.25, -0.2) is 0 Å². The molecule has 1 N–H and O–H groups in total. The lowest BCUT2D eigenvalue weighted by molar-refractivity contribution is -0.113. The Balaban J connectivity index is 1.58. The summed E-state index contributed by atoms with van der Waals surface area (Å²) in [6, 6.07) is 23.4. The molecule has 6 nitrogen and oxygen atoms in total. The smallest absolute Gasteiger partial charge is 0.235 e. The lowest BCUT2D eigenvalue weighted by atomic mass is 10.2. The molecule has 8 heteroatoms. The number of para-hydroxylation sites is 1. The van der Waals surface area contributed by atoms with Gasteiger partial charge >= 0.3 is 0 Å². The average molecular weight is 418 g/mol. The molecule has 1 amide bonds. The molecule has 2 aromatic heterocycles. The van der Waals surface area contributed by atoms with E-state index in [2.05, 4.69) is 21.6 Å². The molecule has 0 aliphatic rings. The highest BCUT2D eigenvalue weighted by Crippen LogP contribution is 2.28.